The van der Waals surface area contributed by atoms with Crippen LogP contribution in [0.2, 0.25) is 0 Å². The number of alkyl halides is 1. The molecule has 0 aliphatic heterocycles. The monoisotopic (exact) mass is 238 g/mol. The van der Waals surface area contributed by atoms with E-state index in [1.165, 1.54) is 5.56 Å². The third-order valence-electron chi connectivity index (χ3n) is 2.79. The minimum Gasteiger partial charge on any atom is -0.303 e. The molecular formula is C14H19ClO. The van der Waals surface area contributed by atoms with Gasteiger partial charge in [0, 0.05) is 11.8 Å². The Balaban J connectivity index is 2.89. The summed E-state index contributed by atoms with van der Waals surface area (Å²) in [4.78, 5) is 10.9. The van der Waals surface area contributed by atoms with Crippen molar-refractivity contribution in [3.05, 3.63) is 35.4 Å². The molecule has 0 saturated heterocycles. The first-order chi connectivity index (χ1) is 7.49. The van der Waals surface area contributed by atoms with Crippen molar-refractivity contribution in [2.45, 2.75) is 38.5 Å². The Morgan fingerprint density at radius 3 is 2.19 bits per heavy atom. The lowest BCUT2D eigenvalue weighted by Crippen LogP contribution is -2.11. The maximum absolute atomic E-state index is 10.9. The maximum Gasteiger partial charge on any atom is 0.127 e. The molecule has 1 unspecified atom stereocenters. The van der Waals surface area contributed by atoms with Crippen LogP contribution in [0.5, 0.6) is 0 Å². The summed E-state index contributed by atoms with van der Waals surface area (Å²) in [6.45, 7) is 6.54. The minimum atomic E-state index is -0.0634. The Kier molecular flexibility index (Phi) is 4.55. The second kappa shape index (κ2) is 5.49. The van der Waals surface area contributed by atoms with E-state index in [0.717, 1.165) is 11.8 Å². The van der Waals surface area contributed by atoms with Crippen molar-refractivity contribution in [2.75, 3.05) is 5.88 Å². The highest BCUT2D eigenvalue weighted by atomic mass is 35.5. The maximum atomic E-state index is 10.9. The van der Waals surface area contributed by atoms with Gasteiger partial charge in [-0.2, -0.15) is 0 Å². The molecular weight excluding hydrogens is 220 g/mol. The first-order valence-corrected chi connectivity index (χ1v) is 6.14. The number of hydrogen-bond donors (Lipinski definition) is 0. The van der Waals surface area contributed by atoms with E-state index in [9.17, 15) is 4.79 Å². The fourth-order valence-corrected chi connectivity index (χ4v) is 1.90. The number of hydrogen-bond acceptors (Lipinski definition) is 1. The quantitative estimate of drug-likeness (QED) is 0.575. The van der Waals surface area contributed by atoms with Crippen molar-refractivity contribution in [2.24, 2.45) is 0 Å². The van der Waals surface area contributed by atoms with E-state index in [0.29, 0.717) is 12.3 Å². The summed E-state index contributed by atoms with van der Waals surface area (Å²) in [5.74, 6) is 0.455. The van der Waals surface area contributed by atoms with Gasteiger partial charge in [0.25, 0.3) is 0 Å². The Morgan fingerprint density at radius 2 is 1.81 bits per heavy atom. The molecule has 0 radical (unpaired) electrons. The molecule has 0 spiro atoms. The van der Waals surface area contributed by atoms with Gasteiger partial charge in [0.15, 0.2) is 0 Å². The number of benzene rings is 1. The van der Waals surface area contributed by atoms with E-state index in [1.54, 1.807) is 0 Å². The predicted molar refractivity (Wildman–Crippen MR) is 69.3 cm³/mol. The van der Waals surface area contributed by atoms with Crippen LogP contribution in [-0.4, -0.2) is 12.2 Å². The summed E-state index contributed by atoms with van der Waals surface area (Å²) in [6.07, 6.45) is 1.69. The molecule has 1 atom stereocenters. The van der Waals surface area contributed by atoms with Gasteiger partial charge >= 0.3 is 0 Å². The van der Waals surface area contributed by atoms with Crippen LogP contribution in [0.3, 0.4) is 0 Å². The van der Waals surface area contributed by atoms with Gasteiger partial charge in [0.05, 0.1) is 0 Å². The summed E-state index contributed by atoms with van der Waals surface area (Å²) < 4.78 is 0. The number of rotatable bonds is 4. The topological polar surface area (TPSA) is 17.1 Å². The smallest absolute Gasteiger partial charge is 0.127 e. The molecule has 88 valence electrons. The molecule has 1 aromatic carbocycles. The van der Waals surface area contributed by atoms with Crippen molar-refractivity contribution in [1.82, 2.24) is 0 Å². The Hall–Kier alpha value is -0.820. The van der Waals surface area contributed by atoms with Gasteiger partial charge < -0.3 is 4.79 Å². The van der Waals surface area contributed by atoms with Crippen molar-refractivity contribution in [1.29, 1.82) is 0 Å². The van der Waals surface area contributed by atoms with E-state index in [4.69, 9.17) is 11.6 Å². The van der Waals surface area contributed by atoms with Crippen LogP contribution < -0.4 is 0 Å². The summed E-state index contributed by atoms with van der Waals surface area (Å²) in [7, 11) is 0. The van der Waals surface area contributed by atoms with Crippen molar-refractivity contribution in [3.63, 3.8) is 0 Å². The molecule has 1 rings (SSSR count). The third kappa shape index (κ3) is 3.34. The lowest BCUT2D eigenvalue weighted by molar-refractivity contribution is -0.109. The average Bonchev–Trinajstić information content (AvgIpc) is 2.25. The molecule has 1 aromatic rings. The van der Waals surface area contributed by atoms with E-state index in [2.05, 4.69) is 32.9 Å². The molecule has 0 saturated carbocycles. The molecule has 1 nitrogen and oxygen atoms in total. The highest BCUT2D eigenvalue weighted by Crippen LogP contribution is 2.25. The lowest BCUT2D eigenvalue weighted by Gasteiger charge is -2.19. The lowest BCUT2D eigenvalue weighted by atomic mass is 9.85. The van der Waals surface area contributed by atoms with E-state index >= 15 is 0 Å². The van der Waals surface area contributed by atoms with Crippen LogP contribution in [0.4, 0.5) is 0 Å². The molecule has 0 amide bonds. The first kappa shape index (κ1) is 13.2. The highest BCUT2D eigenvalue weighted by molar-refractivity contribution is 6.18. The number of carbonyl (C=O) groups excluding carboxylic acids is 1. The molecule has 0 heterocycles. The fourth-order valence-electron chi connectivity index (χ4n) is 1.66. The summed E-state index contributed by atoms with van der Waals surface area (Å²) in [6, 6.07) is 8.26. The van der Waals surface area contributed by atoms with Gasteiger partial charge in [-0.15, -0.1) is 11.6 Å². The number of halogens is 1. The average molecular weight is 239 g/mol. The second-order valence-corrected chi connectivity index (χ2v) is 5.47. The summed E-state index contributed by atoms with van der Waals surface area (Å²) in [5.41, 5.74) is 2.50. The van der Waals surface area contributed by atoms with E-state index < -0.39 is 0 Å². The zero-order chi connectivity index (χ0) is 12.2. The number of aldehydes is 1. The fraction of sp³-hybridized carbons (Fsp3) is 0.500. The molecule has 0 aromatic heterocycles. The van der Waals surface area contributed by atoms with Gasteiger partial charge in [-0.3, -0.25) is 0 Å². The predicted octanol–water partition coefficient (Wildman–Crippen LogP) is 3.90. The van der Waals surface area contributed by atoms with E-state index in [-0.39, 0.29) is 11.3 Å². The first-order valence-electron chi connectivity index (χ1n) is 5.60. The zero-order valence-corrected chi connectivity index (χ0v) is 10.9. The van der Waals surface area contributed by atoms with Gasteiger partial charge in [-0.1, -0.05) is 45.0 Å². The van der Waals surface area contributed by atoms with Crippen molar-refractivity contribution >= 4 is 17.9 Å². The zero-order valence-electron chi connectivity index (χ0n) is 10.2. The molecule has 0 fully saturated rings. The number of carbonyl (C=O) groups is 1. The van der Waals surface area contributed by atoms with Crippen LogP contribution in [0, 0.1) is 0 Å². The van der Waals surface area contributed by atoms with Crippen LogP contribution in [0.1, 0.15) is 44.2 Å². The largest absolute Gasteiger partial charge is 0.303 e. The second-order valence-electron chi connectivity index (χ2n) is 5.09. The van der Waals surface area contributed by atoms with E-state index in [1.807, 2.05) is 12.1 Å². The Bertz CT molecular complexity index is 335. The summed E-state index contributed by atoms with van der Waals surface area (Å²) >= 11 is 5.67. The van der Waals surface area contributed by atoms with Gasteiger partial charge in [-0.05, 0) is 23.0 Å². The molecule has 16 heavy (non-hydrogen) atoms. The van der Waals surface area contributed by atoms with Crippen LogP contribution >= 0.6 is 11.6 Å². The Labute approximate surface area is 103 Å². The molecule has 2 heteroatoms. The molecule has 0 bridgehead atoms. The van der Waals surface area contributed by atoms with Crippen LogP contribution in [0.25, 0.3) is 0 Å². The van der Waals surface area contributed by atoms with Gasteiger partial charge in [-0.25, -0.2) is 0 Å². The van der Waals surface area contributed by atoms with Gasteiger partial charge in [0.1, 0.15) is 6.29 Å². The third-order valence-corrected chi connectivity index (χ3v) is 3.01. The van der Waals surface area contributed by atoms with Crippen molar-refractivity contribution < 1.29 is 4.79 Å². The molecule has 0 N–H and O–H groups in total. The Morgan fingerprint density at radius 1 is 1.25 bits per heavy atom. The summed E-state index contributed by atoms with van der Waals surface area (Å²) in [5, 5.41) is 0. The molecule has 0 aliphatic carbocycles. The standard InChI is InChI=1S/C14H19ClO/c1-14(2,3)13-6-4-11(5-7-13)12(10-16)8-9-15/h4-7,10,12H,8-9H2,1-3H3. The molecule has 0 aliphatic rings. The van der Waals surface area contributed by atoms with Crippen LogP contribution in [0.15, 0.2) is 24.3 Å². The minimum absolute atomic E-state index is 0.0634. The SMILES string of the molecule is CC(C)(C)c1ccc(C(C=O)CCCl)cc1. The van der Waals surface area contributed by atoms with Crippen molar-refractivity contribution in [3.8, 4) is 0 Å². The highest BCUT2D eigenvalue weighted by Gasteiger charge is 2.15. The van der Waals surface area contributed by atoms with Crippen LogP contribution in [-0.2, 0) is 10.2 Å². The normalized spacial score (nSPS) is 13.5. The van der Waals surface area contributed by atoms with Gasteiger partial charge in [0.2, 0.25) is 0 Å².